The fraction of sp³-hybridized carbons (Fsp3) is 0.562. The van der Waals surface area contributed by atoms with Crippen molar-refractivity contribution in [2.24, 2.45) is 5.73 Å². The number of ether oxygens (including phenoxy) is 2. The van der Waals surface area contributed by atoms with Crippen LogP contribution in [0.15, 0.2) is 18.2 Å². The summed E-state index contributed by atoms with van der Waals surface area (Å²) in [7, 11) is 0. The average molecular weight is 279 g/mol. The van der Waals surface area contributed by atoms with Crippen LogP contribution in [-0.2, 0) is 14.9 Å². The Hall–Kier alpha value is -1.55. The van der Waals surface area contributed by atoms with Gasteiger partial charge in [-0.2, -0.15) is 0 Å². The molecule has 0 aliphatic rings. The van der Waals surface area contributed by atoms with Gasteiger partial charge in [0.15, 0.2) is 0 Å². The number of benzene rings is 1. The molecule has 1 rings (SSSR count). The molecular formula is C16H25NO3. The van der Waals surface area contributed by atoms with Gasteiger partial charge in [-0.3, -0.25) is 4.79 Å². The molecule has 20 heavy (non-hydrogen) atoms. The Labute approximate surface area is 121 Å². The monoisotopic (exact) mass is 279 g/mol. The smallest absolute Gasteiger partial charge is 0.326 e. The lowest BCUT2D eigenvalue weighted by Crippen LogP contribution is -2.38. The number of rotatable bonds is 5. The third kappa shape index (κ3) is 4.53. The normalized spacial score (nSPS) is 12.9. The highest BCUT2D eigenvalue weighted by Crippen LogP contribution is 2.32. The molecule has 0 spiro atoms. The summed E-state index contributed by atoms with van der Waals surface area (Å²) in [5.41, 5.74) is 7.99. The summed E-state index contributed by atoms with van der Waals surface area (Å²) < 4.78 is 10.6. The minimum atomic E-state index is -0.760. The summed E-state index contributed by atoms with van der Waals surface area (Å²) >= 11 is 0. The summed E-state index contributed by atoms with van der Waals surface area (Å²) in [4.78, 5) is 11.5. The number of hydrogen-bond donors (Lipinski definition) is 1. The average Bonchev–Trinajstić information content (AvgIpc) is 2.36. The van der Waals surface area contributed by atoms with E-state index in [1.165, 1.54) is 5.56 Å². The molecule has 0 aliphatic carbocycles. The van der Waals surface area contributed by atoms with E-state index in [0.717, 1.165) is 11.3 Å². The number of hydrogen-bond acceptors (Lipinski definition) is 4. The molecule has 0 fully saturated rings. The van der Waals surface area contributed by atoms with Crippen LogP contribution in [0.25, 0.3) is 0 Å². The summed E-state index contributed by atoms with van der Waals surface area (Å²) in [6, 6.07) is 5.25. The Balaban J connectivity index is 2.80. The van der Waals surface area contributed by atoms with E-state index in [1.54, 1.807) is 6.92 Å². The molecule has 0 saturated carbocycles. The van der Waals surface area contributed by atoms with Gasteiger partial charge in [0.1, 0.15) is 18.4 Å². The maximum absolute atomic E-state index is 11.5. The van der Waals surface area contributed by atoms with Gasteiger partial charge in [-0.05, 0) is 30.9 Å². The number of carbonyl (C=O) groups excluding carboxylic acids is 1. The molecule has 1 unspecified atom stereocenters. The Morgan fingerprint density at radius 3 is 2.55 bits per heavy atom. The molecule has 112 valence electrons. The number of esters is 1. The lowest BCUT2D eigenvalue weighted by atomic mass is 9.85. The second-order valence-corrected chi connectivity index (χ2v) is 5.92. The van der Waals surface area contributed by atoms with Crippen molar-refractivity contribution in [3.8, 4) is 5.75 Å². The van der Waals surface area contributed by atoms with Crippen LogP contribution in [0.5, 0.6) is 5.75 Å². The van der Waals surface area contributed by atoms with Crippen LogP contribution in [0.4, 0.5) is 0 Å². The third-order valence-corrected chi connectivity index (χ3v) is 2.95. The highest BCUT2D eigenvalue weighted by molar-refractivity contribution is 5.75. The van der Waals surface area contributed by atoms with Gasteiger partial charge in [0.25, 0.3) is 0 Å². The zero-order valence-corrected chi connectivity index (χ0v) is 13.0. The molecule has 0 bridgehead atoms. The van der Waals surface area contributed by atoms with Crippen LogP contribution in [-0.4, -0.2) is 25.2 Å². The van der Waals surface area contributed by atoms with E-state index in [0.29, 0.717) is 6.61 Å². The van der Waals surface area contributed by atoms with Crippen LogP contribution in [0, 0.1) is 6.92 Å². The fourth-order valence-corrected chi connectivity index (χ4v) is 1.85. The van der Waals surface area contributed by atoms with E-state index >= 15 is 0 Å². The van der Waals surface area contributed by atoms with Crippen molar-refractivity contribution < 1.29 is 14.3 Å². The molecule has 0 saturated heterocycles. The molecular weight excluding hydrogens is 254 g/mol. The van der Waals surface area contributed by atoms with Crippen LogP contribution in [0.1, 0.15) is 38.8 Å². The first kappa shape index (κ1) is 16.5. The first-order valence-corrected chi connectivity index (χ1v) is 6.92. The molecule has 2 N–H and O–H groups in total. The van der Waals surface area contributed by atoms with Crippen molar-refractivity contribution in [2.75, 3.05) is 13.2 Å². The Bertz CT molecular complexity index is 463. The molecule has 1 atom stereocenters. The van der Waals surface area contributed by atoms with Gasteiger partial charge in [-0.15, -0.1) is 0 Å². The first-order chi connectivity index (χ1) is 9.25. The molecule has 0 heterocycles. The zero-order chi connectivity index (χ0) is 15.3. The Morgan fingerprint density at radius 2 is 2.00 bits per heavy atom. The van der Waals surface area contributed by atoms with E-state index in [4.69, 9.17) is 15.2 Å². The largest absolute Gasteiger partial charge is 0.491 e. The van der Waals surface area contributed by atoms with Crippen molar-refractivity contribution in [1.82, 2.24) is 0 Å². The highest BCUT2D eigenvalue weighted by Gasteiger charge is 2.21. The lowest BCUT2D eigenvalue weighted by molar-refractivity contribution is -0.145. The van der Waals surface area contributed by atoms with E-state index in [1.807, 2.05) is 19.1 Å². The maximum Gasteiger partial charge on any atom is 0.326 e. The standard InChI is InChI=1S/C16H25NO3/c1-6-19-15(18)13(17)10-20-14-8-7-11(2)9-12(14)16(3,4)5/h7-9,13H,6,10,17H2,1-5H3. The number of nitrogens with two attached hydrogens (primary N) is 1. The quantitative estimate of drug-likeness (QED) is 0.841. The van der Waals surface area contributed by atoms with Gasteiger partial charge in [0.2, 0.25) is 0 Å². The van der Waals surface area contributed by atoms with Crippen LogP contribution < -0.4 is 10.5 Å². The molecule has 1 aromatic carbocycles. The van der Waals surface area contributed by atoms with Crippen LogP contribution >= 0.6 is 0 Å². The molecule has 0 amide bonds. The van der Waals surface area contributed by atoms with Gasteiger partial charge >= 0.3 is 5.97 Å². The summed E-state index contributed by atoms with van der Waals surface area (Å²) in [5, 5.41) is 0. The maximum atomic E-state index is 11.5. The van der Waals surface area contributed by atoms with Crippen molar-refractivity contribution in [1.29, 1.82) is 0 Å². The van der Waals surface area contributed by atoms with E-state index in [-0.39, 0.29) is 12.0 Å². The second-order valence-electron chi connectivity index (χ2n) is 5.92. The van der Waals surface area contributed by atoms with Gasteiger partial charge in [-0.25, -0.2) is 0 Å². The molecule has 0 radical (unpaired) electrons. The van der Waals surface area contributed by atoms with Crippen molar-refractivity contribution in [2.45, 2.75) is 46.1 Å². The summed E-state index contributed by atoms with van der Waals surface area (Å²) in [5.74, 6) is 0.333. The highest BCUT2D eigenvalue weighted by atomic mass is 16.5. The van der Waals surface area contributed by atoms with Gasteiger partial charge in [-0.1, -0.05) is 38.5 Å². The van der Waals surface area contributed by atoms with Crippen molar-refractivity contribution >= 4 is 5.97 Å². The molecule has 4 heteroatoms. The lowest BCUT2D eigenvalue weighted by Gasteiger charge is -2.24. The van der Waals surface area contributed by atoms with Gasteiger partial charge in [0.05, 0.1) is 6.61 Å². The Morgan fingerprint density at radius 1 is 1.35 bits per heavy atom. The molecule has 1 aromatic rings. The minimum absolute atomic E-state index is 0.0324. The zero-order valence-electron chi connectivity index (χ0n) is 13.0. The Kier molecular flexibility index (Phi) is 5.57. The van der Waals surface area contributed by atoms with Crippen molar-refractivity contribution in [3.05, 3.63) is 29.3 Å². The van der Waals surface area contributed by atoms with Crippen molar-refractivity contribution in [3.63, 3.8) is 0 Å². The van der Waals surface area contributed by atoms with E-state index < -0.39 is 12.0 Å². The minimum Gasteiger partial charge on any atom is -0.491 e. The molecule has 4 nitrogen and oxygen atoms in total. The fourth-order valence-electron chi connectivity index (χ4n) is 1.85. The van der Waals surface area contributed by atoms with E-state index in [9.17, 15) is 4.79 Å². The van der Waals surface area contributed by atoms with Crippen LogP contribution in [0.2, 0.25) is 0 Å². The number of aryl methyl sites for hydroxylation is 1. The predicted molar refractivity (Wildman–Crippen MR) is 80.0 cm³/mol. The van der Waals surface area contributed by atoms with Crippen LogP contribution in [0.3, 0.4) is 0 Å². The predicted octanol–water partition coefficient (Wildman–Crippen LogP) is 2.56. The number of carbonyl (C=O) groups is 1. The van der Waals surface area contributed by atoms with E-state index in [2.05, 4.69) is 26.8 Å². The molecule has 0 aromatic heterocycles. The topological polar surface area (TPSA) is 61.5 Å². The third-order valence-electron chi connectivity index (χ3n) is 2.95. The first-order valence-electron chi connectivity index (χ1n) is 6.92. The summed E-state index contributed by atoms with van der Waals surface area (Å²) in [6.45, 7) is 10.6. The summed E-state index contributed by atoms with van der Waals surface area (Å²) in [6.07, 6.45) is 0. The van der Waals surface area contributed by atoms with Gasteiger partial charge < -0.3 is 15.2 Å². The molecule has 0 aliphatic heterocycles. The van der Waals surface area contributed by atoms with Gasteiger partial charge in [0, 0.05) is 0 Å². The SMILES string of the molecule is CCOC(=O)C(N)COc1ccc(C)cc1C(C)(C)C. The second kappa shape index (κ2) is 6.75.